The Kier molecular flexibility index (Phi) is 2.29. The summed E-state index contributed by atoms with van der Waals surface area (Å²) in [6.07, 6.45) is 1.98. The smallest absolute Gasteiger partial charge is 0.214 e. The molecule has 76 valence electrons. The molecule has 1 aromatic carbocycles. The summed E-state index contributed by atoms with van der Waals surface area (Å²) in [6.45, 7) is 0. The number of hydrogen-bond acceptors (Lipinski definition) is 2. The summed E-state index contributed by atoms with van der Waals surface area (Å²) in [5.41, 5.74) is 15.0. The molecule has 0 radical (unpaired) electrons. The number of nitrogens with two attached hydrogens (primary N) is 2. The highest BCUT2D eigenvalue weighted by Crippen LogP contribution is 2.27. The molecule has 0 saturated carbocycles. The molecule has 2 rings (SSSR count). The van der Waals surface area contributed by atoms with Gasteiger partial charge in [-0.2, -0.15) is 0 Å². The Morgan fingerprint density at radius 1 is 1.00 bits per heavy atom. The molecule has 0 aliphatic rings. The summed E-state index contributed by atoms with van der Waals surface area (Å²) in [6, 6.07) is 11.7. The van der Waals surface area contributed by atoms with Crippen molar-refractivity contribution < 1.29 is 4.57 Å². The van der Waals surface area contributed by atoms with Crippen molar-refractivity contribution in [2.45, 2.75) is 0 Å². The van der Waals surface area contributed by atoms with Crippen LogP contribution in [0.2, 0.25) is 0 Å². The molecule has 3 heteroatoms. The van der Waals surface area contributed by atoms with Gasteiger partial charge in [-0.05, 0) is 18.2 Å². The van der Waals surface area contributed by atoms with Crippen LogP contribution >= 0.6 is 0 Å². The van der Waals surface area contributed by atoms with E-state index in [0.717, 1.165) is 11.3 Å². The third kappa shape index (κ3) is 1.64. The zero-order valence-corrected chi connectivity index (χ0v) is 8.64. The van der Waals surface area contributed by atoms with Crippen LogP contribution in [0.5, 0.6) is 0 Å². The number of pyridine rings is 1. The Morgan fingerprint density at radius 3 is 2.53 bits per heavy atom. The first-order valence-electron chi connectivity index (χ1n) is 4.79. The maximum Gasteiger partial charge on any atom is 0.214 e. The molecule has 1 heterocycles. The van der Waals surface area contributed by atoms with Gasteiger partial charge in [-0.3, -0.25) is 0 Å². The molecule has 1 aromatic heterocycles. The molecule has 3 nitrogen and oxygen atoms in total. The van der Waals surface area contributed by atoms with Crippen LogP contribution in [0.15, 0.2) is 42.6 Å². The molecule has 0 amide bonds. The Labute approximate surface area is 89.0 Å². The number of benzene rings is 1. The van der Waals surface area contributed by atoms with Crippen LogP contribution in [-0.4, -0.2) is 0 Å². The summed E-state index contributed by atoms with van der Waals surface area (Å²) in [4.78, 5) is 0. The Bertz CT molecular complexity index is 492. The molecule has 0 atom stereocenters. The molecule has 2 aromatic rings. The van der Waals surface area contributed by atoms with E-state index in [-0.39, 0.29) is 0 Å². The van der Waals surface area contributed by atoms with Crippen molar-refractivity contribution in [3.05, 3.63) is 42.6 Å². The highest BCUT2D eigenvalue weighted by atomic mass is 14.9. The van der Waals surface area contributed by atoms with Crippen LogP contribution in [0, 0.1) is 0 Å². The van der Waals surface area contributed by atoms with E-state index in [9.17, 15) is 0 Å². The van der Waals surface area contributed by atoms with E-state index >= 15 is 0 Å². The highest BCUT2D eigenvalue weighted by molar-refractivity contribution is 5.81. The van der Waals surface area contributed by atoms with E-state index in [2.05, 4.69) is 0 Å². The van der Waals surface area contributed by atoms with E-state index < -0.39 is 0 Å². The molecule has 0 saturated heterocycles. The number of hydrogen-bond donors (Lipinski definition) is 2. The van der Waals surface area contributed by atoms with Gasteiger partial charge in [-0.15, -0.1) is 0 Å². The summed E-state index contributed by atoms with van der Waals surface area (Å²) in [7, 11) is 1.98. The average molecular weight is 200 g/mol. The van der Waals surface area contributed by atoms with E-state index in [0.29, 0.717) is 11.4 Å². The number of nitrogens with zero attached hydrogens (tertiary/aromatic N) is 1. The Hall–Kier alpha value is -2.03. The van der Waals surface area contributed by atoms with Crippen LogP contribution in [0.1, 0.15) is 0 Å². The SMILES string of the molecule is C[n+]1ccccc1-c1cccc(N)c1N. The second-order valence-corrected chi connectivity index (χ2v) is 3.51. The van der Waals surface area contributed by atoms with Gasteiger partial charge in [-0.25, -0.2) is 4.57 Å². The summed E-state index contributed by atoms with van der Waals surface area (Å²) in [5, 5.41) is 0. The molecule has 15 heavy (non-hydrogen) atoms. The van der Waals surface area contributed by atoms with Crippen molar-refractivity contribution in [2.75, 3.05) is 11.5 Å². The zero-order chi connectivity index (χ0) is 10.8. The second-order valence-electron chi connectivity index (χ2n) is 3.51. The van der Waals surface area contributed by atoms with Crippen molar-refractivity contribution in [1.29, 1.82) is 0 Å². The first kappa shape index (κ1) is 9.52. The number of para-hydroxylation sites is 1. The first-order chi connectivity index (χ1) is 7.20. The van der Waals surface area contributed by atoms with E-state index in [4.69, 9.17) is 11.5 Å². The van der Waals surface area contributed by atoms with Crippen LogP contribution in [0.25, 0.3) is 11.3 Å². The van der Waals surface area contributed by atoms with Crippen molar-refractivity contribution in [2.24, 2.45) is 7.05 Å². The Balaban J connectivity index is 2.65. The maximum absolute atomic E-state index is 5.95. The van der Waals surface area contributed by atoms with E-state index in [1.807, 2.05) is 54.2 Å². The average Bonchev–Trinajstić information content (AvgIpc) is 2.23. The van der Waals surface area contributed by atoms with Gasteiger partial charge >= 0.3 is 0 Å². The first-order valence-corrected chi connectivity index (χ1v) is 4.79. The van der Waals surface area contributed by atoms with Crippen LogP contribution in [0.4, 0.5) is 11.4 Å². The summed E-state index contributed by atoms with van der Waals surface area (Å²) >= 11 is 0. The third-order valence-corrected chi connectivity index (χ3v) is 2.47. The number of aromatic nitrogens is 1. The van der Waals surface area contributed by atoms with E-state index in [1.54, 1.807) is 0 Å². The van der Waals surface area contributed by atoms with Gasteiger partial charge in [0.2, 0.25) is 5.69 Å². The van der Waals surface area contributed by atoms with Gasteiger partial charge < -0.3 is 11.5 Å². The maximum atomic E-state index is 5.95. The minimum Gasteiger partial charge on any atom is -0.397 e. The molecule has 0 aliphatic carbocycles. The normalized spacial score (nSPS) is 10.2. The molecule has 0 spiro atoms. The minimum atomic E-state index is 0.622. The number of rotatable bonds is 1. The second kappa shape index (κ2) is 3.61. The van der Waals surface area contributed by atoms with Crippen LogP contribution < -0.4 is 16.0 Å². The monoisotopic (exact) mass is 200 g/mol. The van der Waals surface area contributed by atoms with Crippen molar-refractivity contribution in [3.63, 3.8) is 0 Å². The highest BCUT2D eigenvalue weighted by Gasteiger charge is 2.12. The third-order valence-electron chi connectivity index (χ3n) is 2.47. The summed E-state index contributed by atoms with van der Waals surface area (Å²) < 4.78 is 2.02. The lowest BCUT2D eigenvalue weighted by molar-refractivity contribution is -0.660. The van der Waals surface area contributed by atoms with Gasteiger partial charge in [0.1, 0.15) is 7.05 Å². The van der Waals surface area contributed by atoms with Gasteiger partial charge in [-0.1, -0.05) is 6.07 Å². The van der Waals surface area contributed by atoms with Crippen molar-refractivity contribution >= 4 is 11.4 Å². The molecule has 0 unspecified atom stereocenters. The lowest BCUT2D eigenvalue weighted by Crippen LogP contribution is -2.30. The number of nitrogen functional groups attached to an aromatic ring is 2. The standard InChI is InChI=1S/C12H13N3/c1-15-8-3-2-7-11(15)9-5-4-6-10(13)12(9)14/h2-8,14H,13H2,1H3/p+1. The quantitative estimate of drug-likeness (QED) is 0.539. The molecule has 0 aliphatic heterocycles. The van der Waals surface area contributed by atoms with Crippen LogP contribution in [0.3, 0.4) is 0 Å². The largest absolute Gasteiger partial charge is 0.397 e. The van der Waals surface area contributed by atoms with Crippen molar-refractivity contribution in [3.8, 4) is 11.3 Å². The molecule has 0 fully saturated rings. The molecular weight excluding hydrogens is 186 g/mol. The zero-order valence-electron chi connectivity index (χ0n) is 8.64. The van der Waals surface area contributed by atoms with Crippen LogP contribution in [-0.2, 0) is 7.05 Å². The lowest BCUT2D eigenvalue weighted by Gasteiger charge is -2.05. The number of anilines is 2. The molecule has 4 N–H and O–H groups in total. The van der Waals surface area contributed by atoms with Gasteiger partial charge in [0.25, 0.3) is 0 Å². The number of aryl methyl sites for hydroxylation is 1. The fourth-order valence-electron chi connectivity index (χ4n) is 1.61. The summed E-state index contributed by atoms with van der Waals surface area (Å²) in [5.74, 6) is 0. The van der Waals surface area contributed by atoms with Gasteiger partial charge in [0, 0.05) is 12.1 Å². The predicted molar refractivity (Wildman–Crippen MR) is 61.9 cm³/mol. The Morgan fingerprint density at radius 2 is 1.80 bits per heavy atom. The van der Waals surface area contributed by atoms with Gasteiger partial charge in [0.15, 0.2) is 6.20 Å². The minimum absolute atomic E-state index is 0.622. The van der Waals surface area contributed by atoms with E-state index in [1.165, 1.54) is 0 Å². The lowest BCUT2D eigenvalue weighted by atomic mass is 10.1. The fraction of sp³-hybridized carbons (Fsp3) is 0.0833. The fourth-order valence-corrected chi connectivity index (χ4v) is 1.61. The van der Waals surface area contributed by atoms with Gasteiger partial charge in [0.05, 0.1) is 16.9 Å². The molecule has 0 bridgehead atoms. The molecular formula is C12H14N3+. The topological polar surface area (TPSA) is 55.9 Å². The predicted octanol–water partition coefficient (Wildman–Crippen LogP) is 1.34. The van der Waals surface area contributed by atoms with Crippen molar-refractivity contribution in [1.82, 2.24) is 0 Å².